The Morgan fingerprint density at radius 3 is 2.00 bits per heavy atom. The molecule has 0 aliphatic carbocycles. The van der Waals surface area contributed by atoms with Crippen LogP contribution in [-0.4, -0.2) is 28.4 Å². The zero-order valence-corrected chi connectivity index (χ0v) is 9.08. The van der Waals surface area contributed by atoms with Gasteiger partial charge in [-0.25, -0.2) is 0 Å². The van der Waals surface area contributed by atoms with Crippen LogP contribution in [0.4, 0.5) is 0 Å². The molecule has 0 rings (SSSR count). The SMILES string of the molecule is O=C([O-])CN(C=S)C=S.[Na+]. The van der Waals surface area contributed by atoms with E-state index in [9.17, 15) is 9.90 Å². The van der Waals surface area contributed by atoms with E-state index in [1.165, 1.54) is 4.90 Å². The number of nitrogens with zero attached hydrogens (tertiary/aromatic N) is 1. The number of thiocarbonyl (C=S) groups is 2. The van der Waals surface area contributed by atoms with Crippen molar-refractivity contribution in [1.82, 2.24) is 4.90 Å². The van der Waals surface area contributed by atoms with Crippen molar-refractivity contribution in [3.05, 3.63) is 0 Å². The second-order valence-electron chi connectivity index (χ2n) is 1.26. The number of aliphatic carboxylic acids is 1. The van der Waals surface area contributed by atoms with Crippen LogP contribution in [0.5, 0.6) is 0 Å². The van der Waals surface area contributed by atoms with E-state index < -0.39 is 5.97 Å². The van der Waals surface area contributed by atoms with Crippen molar-refractivity contribution in [3.8, 4) is 0 Å². The maximum atomic E-state index is 9.84. The monoisotopic (exact) mass is 185 g/mol. The molecule has 0 aromatic heterocycles. The Kier molecular flexibility index (Phi) is 9.88. The van der Waals surface area contributed by atoms with Gasteiger partial charge in [0.1, 0.15) is 0 Å². The molecule has 3 nitrogen and oxygen atoms in total. The smallest absolute Gasteiger partial charge is 0.548 e. The van der Waals surface area contributed by atoms with Gasteiger partial charge >= 0.3 is 29.6 Å². The number of rotatable bonds is 4. The Labute approximate surface area is 91.7 Å². The Morgan fingerprint density at radius 1 is 1.50 bits per heavy atom. The molecule has 0 aliphatic rings. The van der Waals surface area contributed by atoms with Crippen LogP contribution in [-0.2, 0) is 4.79 Å². The van der Waals surface area contributed by atoms with Gasteiger partial charge in [-0.3, -0.25) is 0 Å². The fourth-order valence-electron chi connectivity index (χ4n) is 0.248. The van der Waals surface area contributed by atoms with E-state index in [0.717, 1.165) is 11.0 Å². The van der Waals surface area contributed by atoms with E-state index in [4.69, 9.17) is 0 Å². The van der Waals surface area contributed by atoms with Crippen molar-refractivity contribution >= 4 is 41.4 Å². The zero-order chi connectivity index (χ0) is 7.28. The van der Waals surface area contributed by atoms with E-state index in [1.807, 2.05) is 0 Å². The van der Waals surface area contributed by atoms with Crippen molar-refractivity contribution < 1.29 is 39.5 Å². The molecule has 0 atom stereocenters. The molecule has 0 aromatic carbocycles. The molecule has 0 heterocycles. The summed E-state index contributed by atoms with van der Waals surface area (Å²) in [7, 11) is 0. The molecule has 10 heavy (non-hydrogen) atoms. The fraction of sp³-hybridized carbons (Fsp3) is 0.250. The number of carboxylic acids is 1. The topological polar surface area (TPSA) is 43.4 Å². The Hall–Kier alpha value is 0.450. The van der Waals surface area contributed by atoms with E-state index in [0.29, 0.717) is 0 Å². The standard InChI is InChI=1S/C4H5NO2S2.Na/c6-4(7)1-5(2-8)3-9;/h2-3H,1H2,(H,6,7);/q;+1/p-1. The van der Waals surface area contributed by atoms with Gasteiger partial charge in [0, 0.05) is 0 Å². The first-order valence-electron chi connectivity index (χ1n) is 2.07. The molecule has 0 aromatic rings. The van der Waals surface area contributed by atoms with E-state index >= 15 is 0 Å². The van der Waals surface area contributed by atoms with Crippen molar-refractivity contribution in [2.45, 2.75) is 0 Å². The number of hydrogen-bond acceptors (Lipinski definition) is 4. The van der Waals surface area contributed by atoms with Gasteiger partial charge in [0.2, 0.25) is 0 Å². The largest absolute Gasteiger partial charge is 1.00 e. The molecule has 0 fully saturated rings. The summed E-state index contributed by atoms with van der Waals surface area (Å²) < 4.78 is 0. The maximum absolute atomic E-state index is 9.84. The maximum Gasteiger partial charge on any atom is 1.00 e. The molecule has 0 amide bonds. The van der Waals surface area contributed by atoms with Gasteiger partial charge in [-0.1, -0.05) is 24.4 Å². The summed E-state index contributed by atoms with van der Waals surface area (Å²) in [6.45, 7) is -0.271. The van der Waals surface area contributed by atoms with E-state index in [1.54, 1.807) is 0 Å². The first kappa shape index (κ1) is 13.1. The minimum atomic E-state index is -1.20. The summed E-state index contributed by atoms with van der Waals surface area (Å²) in [6, 6.07) is 0. The van der Waals surface area contributed by atoms with Crippen molar-refractivity contribution in [2.24, 2.45) is 0 Å². The molecule has 0 unspecified atom stereocenters. The first-order chi connectivity index (χ1) is 4.20. The molecule has 0 spiro atoms. The third kappa shape index (κ3) is 6.57. The van der Waals surface area contributed by atoms with Crippen molar-refractivity contribution in [1.29, 1.82) is 0 Å². The number of carbonyl (C=O) groups is 1. The third-order valence-corrected chi connectivity index (χ3v) is 1.12. The number of carbonyl (C=O) groups excluding carboxylic acids is 1. The summed E-state index contributed by atoms with van der Waals surface area (Å²) in [4.78, 5) is 11.0. The van der Waals surface area contributed by atoms with Crippen LogP contribution in [0.2, 0.25) is 0 Å². The molecule has 0 bridgehead atoms. The predicted molar refractivity (Wildman–Crippen MR) is 39.0 cm³/mol. The minimum Gasteiger partial charge on any atom is -0.548 e. The van der Waals surface area contributed by atoms with Crippen LogP contribution in [0.25, 0.3) is 0 Å². The molecule has 6 heteroatoms. The molecule has 0 radical (unpaired) electrons. The third-order valence-electron chi connectivity index (χ3n) is 0.582. The molecule has 0 saturated carbocycles. The van der Waals surface area contributed by atoms with Crippen LogP contribution in [0.3, 0.4) is 0 Å². The molecule has 0 aliphatic heterocycles. The first-order valence-corrected chi connectivity index (χ1v) is 3.01. The van der Waals surface area contributed by atoms with Gasteiger partial charge in [0.15, 0.2) is 0 Å². The summed E-state index contributed by atoms with van der Waals surface area (Å²) in [5.74, 6) is -1.20. The van der Waals surface area contributed by atoms with Crippen LogP contribution < -0.4 is 34.7 Å². The van der Waals surface area contributed by atoms with Crippen molar-refractivity contribution in [3.63, 3.8) is 0 Å². The molecule has 0 saturated heterocycles. The fourth-order valence-corrected chi connectivity index (χ4v) is 0.596. The van der Waals surface area contributed by atoms with Crippen molar-refractivity contribution in [2.75, 3.05) is 6.54 Å². The second-order valence-corrected chi connectivity index (χ2v) is 1.68. The van der Waals surface area contributed by atoms with E-state index in [2.05, 4.69) is 24.4 Å². The van der Waals surface area contributed by atoms with Gasteiger partial charge in [0.05, 0.1) is 23.5 Å². The Balaban J connectivity index is 0. The van der Waals surface area contributed by atoms with Gasteiger partial charge in [-0.2, -0.15) is 0 Å². The normalized spacial score (nSPS) is 7.20. The Bertz CT molecular complexity index is 133. The predicted octanol–water partition coefficient (Wildman–Crippen LogP) is -4.04. The van der Waals surface area contributed by atoms with Gasteiger partial charge in [0.25, 0.3) is 0 Å². The molecule has 50 valence electrons. The average Bonchev–Trinajstić information content (AvgIpc) is 1.82. The second kappa shape index (κ2) is 7.56. The summed E-state index contributed by atoms with van der Waals surface area (Å²) in [5.41, 5.74) is 2.31. The summed E-state index contributed by atoms with van der Waals surface area (Å²) >= 11 is 8.81. The Morgan fingerprint density at radius 2 is 1.90 bits per heavy atom. The molecular formula is C4H4NNaO2S2. The molecular weight excluding hydrogens is 181 g/mol. The van der Waals surface area contributed by atoms with Crippen LogP contribution in [0, 0.1) is 0 Å². The van der Waals surface area contributed by atoms with E-state index in [-0.39, 0.29) is 36.1 Å². The number of carboxylic acid groups (broad SMARTS) is 1. The van der Waals surface area contributed by atoms with Crippen LogP contribution in [0.1, 0.15) is 0 Å². The zero-order valence-electron chi connectivity index (χ0n) is 5.44. The van der Waals surface area contributed by atoms with Crippen LogP contribution >= 0.6 is 24.4 Å². The summed E-state index contributed by atoms with van der Waals surface area (Å²) in [6.07, 6.45) is 0. The summed E-state index contributed by atoms with van der Waals surface area (Å²) in [5, 5.41) is 9.84. The van der Waals surface area contributed by atoms with Gasteiger partial charge in [-0.15, -0.1) is 0 Å². The minimum absolute atomic E-state index is 0. The number of hydrogen-bond donors (Lipinski definition) is 0. The van der Waals surface area contributed by atoms with Gasteiger partial charge < -0.3 is 14.8 Å². The van der Waals surface area contributed by atoms with Gasteiger partial charge in [-0.05, 0) is 0 Å². The quantitative estimate of drug-likeness (QED) is 0.329. The molecule has 0 N–H and O–H groups in total. The average molecular weight is 185 g/mol. The van der Waals surface area contributed by atoms with Crippen LogP contribution in [0.15, 0.2) is 0 Å².